The van der Waals surface area contributed by atoms with Crippen LogP contribution in [0.3, 0.4) is 0 Å². The van der Waals surface area contributed by atoms with E-state index in [-0.39, 0.29) is 42.0 Å². The number of aromatic nitrogens is 2. The molecule has 2 aromatic heterocycles. The molecule has 0 atom stereocenters. The summed E-state index contributed by atoms with van der Waals surface area (Å²) in [6.07, 6.45) is 0.418. The summed E-state index contributed by atoms with van der Waals surface area (Å²) in [7, 11) is -2.00. The summed E-state index contributed by atoms with van der Waals surface area (Å²) in [5, 5.41) is -0.322. The first-order valence-electron chi connectivity index (χ1n) is 11.6. The number of nitrogens with one attached hydrogen (secondary N) is 1. The molecule has 3 aromatic rings. The van der Waals surface area contributed by atoms with Crippen molar-refractivity contribution in [2.24, 2.45) is 0 Å². The van der Waals surface area contributed by atoms with E-state index >= 15 is 0 Å². The standard InChI is InChI=1S/C25H27ClF3N3O5S/c1-35-11-12-36-21-7-6-19(5-3-13-38(33,34)32-10-8-18-4-2-9-30-16-18)23(15-21)37-24-22(26)14-20(17-31-24)25(27,28)29/h2,4,6-7,9,14-17,32H,3,5,8,10-13H2,1H3. The third-order valence-corrected chi connectivity index (χ3v) is 6.99. The lowest BCUT2D eigenvalue weighted by Gasteiger charge is -2.15. The molecule has 0 aliphatic heterocycles. The van der Waals surface area contributed by atoms with Gasteiger partial charge in [0, 0.05) is 38.3 Å². The number of aryl methyl sites for hydroxylation is 1. The van der Waals surface area contributed by atoms with Gasteiger partial charge in [-0.25, -0.2) is 18.1 Å². The maximum absolute atomic E-state index is 13.0. The number of pyridine rings is 2. The van der Waals surface area contributed by atoms with E-state index in [4.69, 9.17) is 25.8 Å². The zero-order valence-corrected chi connectivity index (χ0v) is 22.1. The predicted molar refractivity (Wildman–Crippen MR) is 136 cm³/mol. The average Bonchev–Trinajstić information content (AvgIpc) is 2.86. The van der Waals surface area contributed by atoms with Gasteiger partial charge < -0.3 is 14.2 Å². The number of ether oxygens (including phenoxy) is 3. The maximum atomic E-state index is 13.0. The first-order chi connectivity index (χ1) is 18.1. The van der Waals surface area contributed by atoms with Gasteiger partial charge in [-0.1, -0.05) is 23.7 Å². The predicted octanol–water partition coefficient (Wildman–Crippen LogP) is 5.06. The molecule has 13 heteroatoms. The number of hydrogen-bond acceptors (Lipinski definition) is 7. The molecule has 0 unspecified atom stereocenters. The number of benzene rings is 1. The summed E-state index contributed by atoms with van der Waals surface area (Å²) < 4.78 is 82.7. The molecule has 1 N–H and O–H groups in total. The van der Waals surface area contributed by atoms with E-state index in [1.165, 1.54) is 7.11 Å². The second kappa shape index (κ2) is 13.7. The molecule has 0 spiro atoms. The molecule has 0 aliphatic rings. The molecular formula is C25H27ClF3N3O5S. The van der Waals surface area contributed by atoms with Crippen LogP contribution in [0.2, 0.25) is 5.02 Å². The van der Waals surface area contributed by atoms with Gasteiger partial charge in [-0.15, -0.1) is 0 Å². The number of alkyl halides is 3. The third-order valence-electron chi connectivity index (χ3n) is 5.25. The molecule has 206 valence electrons. The SMILES string of the molecule is COCCOc1ccc(CCCS(=O)(=O)NCCc2cccnc2)c(Oc2ncc(C(F)(F)F)cc2Cl)c1. The van der Waals surface area contributed by atoms with Gasteiger partial charge in [0.2, 0.25) is 15.9 Å². The second-order valence-corrected chi connectivity index (χ2v) is 10.5. The molecule has 0 amide bonds. The van der Waals surface area contributed by atoms with E-state index in [1.54, 1.807) is 36.7 Å². The van der Waals surface area contributed by atoms with Gasteiger partial charge in [-0.3, -0.25) is 4.98 Å². The zero-order chi connectivity index (χ0) is 27.6. The molecule has 0 bridgehead atoms. The summed E-state index contributed by atoms with van der Waals surface area (Å²) in [6, 6.07) is 9.29. The van der Waals surface area contributed by atoms with Crippen molar-refractivity contribution in [1.82, 2.24) is 14.7 Å². The molecule has 1 aromatic carbocycles. The minimum atomic E-state index is -4.60. The van der Waals surface area contributed by atoms with Gasteiger partial charge in [0.25, 0.3) is 0 Å². The Morgan fingerprint density at radius 2 is 1.89 bits per heavy atom. The van der Waals surface area contributed by atoms with Crippen LogP contribution in [0.4, 0.5) is 13.2 Å². The topological polar surface area (TPSA) is 99.6 Å². The normalized spacial score (nSPS) is 11.9. The van der Waals surface area contributed by atoms with E-state index in [0.717, 1.165) is 11.6 Å². The Morgan fingerprint density at radius 1 is 1.08 bits per heavy atom. The zero-order valence-electron chi connectivity index (χ0n) is 20.5. The molecule has 2 heterocycles. The Hall–Kier alpha value is -2.93. The number of rotatable bonds is 14. The Balaban J connectivity index is 1.67. The van der Waals surface area contributed by atoms with Crippen molar-refractivity contribution < 1.29 is 35.8 Å². The monoisotopic (exact) mass is 573 g/mol. The van der Waals surface area contributed by atoms with E-state index in [2.05, 4.69) is 14.7 Å². The first-order valence-corrected chi connectivity index (χ1v) is 13.6. The highest BCUT2D eigenvalue weighted by molar-refractivity contribution is 7.89. The highest BCUT2D eigenvalue weighted by Crippen LogP contribution is 2.36. The van der Waals surface area contributed by atoms with Crippen LogP contribution in [0.15, 0.2) is 55.0 Å². The van der Waals surface area contributed by atoms with Crippen molar-refractivity contribution >= 4 is 21.6 Å². The molecule has 0 aliphatic carbocycles. The van der Waals surface area contributed by atoms with Crippen LogP contribution in [-0.4, -0.2) is 51.0 Å². The number of halogens is 4. The second-order valence-electron chi connectivity index (χ2n) is 8.15. The van der Waals surface area contributed by atoms with Crippen molar-refractivity contribution in [3.8, 4) is 17.4 Å². The summed E-state index contributed by atoms with van der Waals surface area (Å²) in [5.74, 6) is 0.300. The highest BCUT2D eigenvalue weighted by atomic mass is 35.5. The molecule has 0 radical (unpaired) electrons. The lowest BCUT2D eigenvalue weighted by Crippen LogP contribution is -2.28. The van der Waals surface area contributed by atoms with Crippen molar-refractivity contribution in [1.29, 1.82) is 0 Å². The molecule has 3 rings (SSSR count). The van der Waals surface area contributed by atoms with Crippen LogP contribution in [0.1, 0.15) is 23.1 Å². The fourth-order valence-corrected chi connectivity index (χ4v) is 4.64. The fraction of sp³-hybridized carbons (Fsp3) is 0.360. The highest BCUT2D eigenvalue weighted by Gasteiger charge is 2.32. The van der Waals surface area contributed by atoms with Crippen LogP contribution in [0.5, 0.6) is 17.4 Å². The van der Waals surface area contributed by atoms with Crippen LogP contribution in [0, 0.1) is 0 Å². The average molecular weight is 574 g/mol. The van der Waals surface area contributed by atoms with Crippen molar-refractivity contribution in [3.05, 3.63) is 76.7 Å². The van der Waals surface area contributed by atoms with Gasteiger partial charge in [0.1, 0.15) is 23.1 Å². The lowest BCUT2D eigenvalue weighted by molar-refractivity contribution is -0.137. The van der Waals surface area contributed by atoms with Crippen LogP contribution in [0.25, 0.3) is 0 Å². The molecule has 8 nitrogen and oxygen atoms in total. The summed E-state index contributed by atoms with van der Waals surface area (Å²) in [5.41, 5.74) is 0.515. The minimum Gasteiger partial charge on any atom is -0.491 e. The van der Waals surface area contributed by atoms with Crippen LogP contribution < -0.4 is 14.2 Å². The van der Waals surface area contributed by atoms with E-state index in [1.807, 2.05) is 6.07 Å². The maximum Gasteiger partial charge on any atom is 0.417 e. The van der Waals surface area contributed by atoms with Gasteiger partial charge in [-0.2, -0.15) is 13.2 Å². The summed E-state index contributed by atoms with van der Waals surface area (Å²) >= 11 is 6.01. The minimum absolute atomic E-state index is 0.134. The Bertz CT molecular complexity index is 1300. The van der Waals surface area contributed by atoms with Gasteiger partial charge in [-0.05, 0) is 48.6 Å². The number of methoxy groups -OCH3 is 1. The molecular weight excluding hydrogens is 547 g/mol. The van der Waals surface area contributed by atoms with Crippen molar-refractivity contribution in [2.45, 2.75) is 25.4 Å². The summed E-state index contributed by atoms with van der Waals surface area (Å²) in [6.45, 7) is 0.849. The van der Waals surface area contributed by atoms with Crippen molar-refractivity contribution in [2.75, 3.05) is 32.6 Å². The van der Waals surface area contributed by atoms with Gasteiger partial charge in [0.05, 0.1) is 17.9 Å². The molecule has 0 saturated heterocycles. The smallest absolute Gasteiger partial charge is 0.417 e. The van der Waals surface area contributed by atoms with E-state index in [0.29, 0.717) is 37.0 Å². The van der Waals surface area contributed by atoms with Gasteiger partial charge in [0.15, 0.2) is 0 Å². The van der Waals surface area contributed by atoms with Crippen LogP contribution in [-0.2, 0) is 33.8 Å². The fourth-order valence-electron chi connectivity index (χ4n) is 3.35. The Labute approximate surface area is 224 Å². The lowest BCUT2D eigenvalue weighted by atomic mass is 10.1. The van der Waals surface area contributed by atoms with Crippen LogP contribution >= 0.6 is 11.6 Å². The Kier molecular flexibility index (Phi) is 10.7. The summed E-state index contributed by atoms with van der Waals surface area (Å²) in [4.78, 5) is 7.72. The largest absolute Gasteiger partial charge is 0.491 e. The van der Waals surface area contributed by atoms with Gasteiger partial charge >= 0.3 is 6.18 Å². The molecule has 0 saturated carbocycles. The number of nitrogens with zero attached hydrogens (tertiary/aromatic N) is 2. The molecule has 0 fully saturated rings. The quantitative estimate of drug-likeness (QED) is 0.269. The number of sulfonamides is 1. The molecule has 38 heavy (non-hydrogen) atoms. The number of hydrogen-bond donors (Lipinski definition) is 1. The Morgan fingerprint density at radius 3 is 2.58 bits per heavy atom. The van der Waals surface area contributed by atoms with E-state index < -0.39 is 21.8 Å². The third kappa shape index (κ3) is 9.43. The van der Waals surface area contributed by atoms with E-state index in [9.17, 15) is 21.6 Å². The van der Waals surface area contributed by atoms with Crippen molar-refractivity contribution in [3.63, 3.8) is 0 Å². The first kappa shape index (κ1) is 29.6.